The van der Waals surface area contributed by atoms with Crippen molar-refractivity contribution in [2.75, 3.05) is 0 Å². The molecular formula is C11H16. The van der Waals surface area contributed by atoms with Crippen LogP contribution in [0.4, 0.5) is 0 Å². The van der Waals surface area contributed by atoms with Crippen molar-refractivity contribution in [2.45, 2.75) is 45.4 Å². The summed E-state index contributed by atoms with van der Waals surface area (Å²) in [6.07, 6.45) is 9.59. The molecule has 3 atom stereocenters. The smallest absolute Gasteiger partial charge is 0.0170 e. The Morgan fingerprint density at radius 2 is 2.09 bits per heavy atom. The Labute approximate surface area is 68.4 Å². The van der Waals surface area contributed by atoms with Crippen molar-refractivity contribution in [1.29, 1.82) is 0 Å². The van der Waals surface area contributed by atoms with E-state index in [2.05, 4.69) is 6.92 Å². The maximum Gasteiger partial charge on any atom is -0.0170 e. The molecule has 0 aromatic rings. The number of rotatable bonds is 1. The molecule has 0 aromatic carbocycles. The van der Waals surface area contributed by atoms with E-state index in [0.29, 0.717) is 0 Å². The molecule has 0 N–H and O–H groups in total. The van der Waals surface area contributed by atoms with Gasteiger partial charge in [-0.15, -0.1) is 0 Å². The predicted octanol–water partition coefficient (Wildman–Crippen LogP) is 2.98. The van der Waals surface area contributed by atoms with Gasteiger partial charge in [-0.25, -0.2) is 0 Å². The normalized spacial score (nSPS) is 65.7. The van der Waals surface area contributed by atoms with Gasteiger partial charge >= 0.3 is 0 Å². The summed E-state index contributed by atoms with van der Waals surface area (Å²) < 4.78 is 0. The lowest BCUT2D eigenvalue weighted by Gasteiger charge is -1.91. The lowest BCUT2D eigenvalue weighted by Crippen LogP contribution is -1.86. The van der Waals surface area contributed by atoms with Crippen molar-refractivity contribution in [1.82, 2.24) is 0 Å². The van der Waals surface area contributed by atoms with Crippen molar-refractivity contribution < 1.29 is 0 Å². The first kappa shape index (κ1) is 5.61. The van der Waals surface area contributed by atoms with Gasteiger partial charge in [-0.2, -0.15) is 0 Å². The molecule has 0 heteroatoms. The molecule has 0 nitrogen and oxygen atoms in total. The lowest BCUT2D eigenvalue weighted by atomic mass is 10.1. The van der Waals surface area contributed by atoms with Gasteiger partial charge in [0.05, 0.1) is 0 Å². The maximum atomic E-state index is 2.38. The summed E-state index contributed by atoms with van der Waals surface area (Å²) in [5, 5.41) is 0. The fourth-order valence-electron chi connectivity index (χ4n) is 4.51. The summed E-state index contributed by atoms with van der Waals surface area (Å²) in [6.45, 7) is 2.38. The van der Waals surface area contributed by atoms with Crippen LogP contribution in [0, 0.1) is 22.2 Å². The molecule has 0 saturated heterocycles. The van der Waals surface area contributed by atoms with Crippen LogP contribution in [0.3, 0.4) is 0 Å². The van der Waals surface area contributed by atoms with Crippen molar-refractivity contribution >= 4 is 0 Å². The minimum atomic E-state index is 0.970. The standard InChI is InChI=1S/C11H16/c1-2-8-5-10(8)7-11(10)6-9(11)3-4-9/h8H,2-7H2,1H3. The molecule has 3 unspecified atom stereocenters. The van der Waals surface area contributed by atoms with Gasteiger partial charge in [-0.1, -0.05) is 13.3 Å². The van der Waals surface area contributed by atoms with Crippen LogP contribution in [-0.2, 0) is 0 Å². The molecule has 4 saturated carbocycles. The third kappa shape index (κ3) is 0.363. The van der Waals surface area contributed by atoms with E-state index in [1.165, 1.54) is 12.3 Å². The highest BCUT2D eigenvalue weighted by Crippen LogP contribution is 3.02. The second kappa shape index (κ2) is 1.11. The second-order valence-corrected chi connectivity index (χ2v) is 5.68. The Hall–Kier alpha value is 0. The molecule has 60 valence electrons. The van der Waals surface area contributed by atoms with Crippen LogP contribution in [0.2, 0.25) is 0 Å². The first-order valence-corrected chi connectivity index (χ1v) is 5.29. The molecule has 4 aliphatic rings. The second-order valence-electron chi connectivity index (χ2n) is 5.68. The van der Waals surface area contributed by atoms with E-state index in [0.717, 1.165) is 16.2 Å². The fraction of sp³-hybridized carbons (Fsp3) is 1.00. The molecule has 4 aliphatic carbocycles. The number of hydrogen-bond donors (Lipinski definition) is 0. The average Bonchev–Trinajstić information content (AvgIpc) is 2.83. The highest BCUT2D eigenvalue weighted by Gasteiger charge is 2.95. The first-order valence-electron chi connectivity index (χ1n) is 5.29. The summed E-state index contributed by atoms with van der Waals surface area (Å²) >= 11 is 0. The highest BCUT2D eigenvalue weighted by atomic mass is 15.0. The van der Waals surface area contributed by atoms with E-state index in [1.807, 2.05) is 0 Å². The van der Waals surface area contributed by atoms with Crippen LogP contribution in [0.25, 0.3) is 0 Å². The summed E-state index contributed by atoms with van der Waals surface area (Å²) in [7, 11) is 0. The van der Waals surface area contributed by atoms with Crippen LogP contribution in [0.1, 0.15) is 45.4 Å². The van der Waals surface area contributed by atoms with Crippen LogP contribution in [0.15, 0.2) is 0 Å². The van der Waals surface area contributed by atoms with E-state index in [4.69, 9.17) is 0 Å². The highest BCUT2D eigenvalue weighted by molar-refractivity contribution is 5.43. The molecule has 0 bridgehead atoms. The molecule has 4 fully saturated rings. The number of fused-ring (bicyclic) bond motifs is 2. The van der Waals surface area contributed by atoms with E-state index >= 15 is 0 Å². The molecule has 0 aliphatic heterocycles. The zero-order valence-corrected chi connectivity index (χ0v) is 7.32. The van der Waals surface area contributed by atoms with Gasteiger partial charge in [0.2, 0.25) is 0 Å². The minimum Gasteiger partial charge on any atom is -0.0651 e. The van der Waals surface area contributed by atoms with Crippen molar-refractivity contribution in [3.8, 4) is 0 Å². The van der Waals surface area contributed by atoms with E-state index in [1.54, 1.807) is 32.1 Å². The van der Waals surface area contributed by atoms with Crippen LogP contribution < -0.4 is 0 Å². The fourth-order valence-corrected chi connectivity index (χ4v) is 4.51. The Balaban J connectivity index is 1.66. The average molecular weight is 148 g/mol. The predicted molar refractivity (Wildman–Crippen MR) is 44.2 cm³/mol. The van der Waals surface area contributed by atoms with Gasteiger partial charge in [0.15, 0.2) is 0 Å². The van der Waals surface area contributed by atoms with Crippen LogP contribution in [0.5, 0.6) is 0 Å². The SMILES string of the molecule is CCC1CC12CC21CC12CC2. The zero-order valence-electron chi connectivity index (χ0n) is 7.32. The van der Waals surface area contributed by atoms with Gasteiger partial charge in [0, 0.05) is 0 Å². The van der Waals surface area contributed by atoms with Gasteiger partial charge in [0.1, 0.15) is 0 Å². The van der Waals surface area contributed by atoms with E-state index in [-0.39, 0.29) is 0 Å². The largest absolute Gasteiger partial charge is 0.0651 e. The monoisotopic (exact) mass is 148 g/mol. The molecule has 4 rings (SSSR count). The maximum absolute atomic E-state index is 2.38. The van der Waals surface area contributed by atoms with Gasteiger partial charge in [-0.05, 0) is 54.3 Å². The molecule has 0 heterocycles. The van der Waals surface area contributed by atoms with Gasteiger partial charge in [0.25, 0.3) is 0 Å². The van der Waals surface area contributed by atoms with E-state index in [9.17, 15) is 0 Å². The van der Waals surface area contributed by atoms with E-state index < -0.39 is 0 Å². The van der Waals surface area contributed by atoms with Crippen molar-refractivity contribution in [3.05, 3.63) is 0 Å². The topological polar surface area (TPSA) is 0 Å². The Kier molecular flexibility index (Phi) is 0.567. The summed E-state index contributed by atoms with van der Waals surface area (Å²) in [5.41, 5.74) is 2.94. The first-order chi connectivity index (χ1) is 5.29. The van der Waals surface area contributed by atoms with Crippen LogP contribution in [-0.4, -0.2) is 0 Å². The van der Waals surface area contributed by atoms with Gasteiger partial charge < -0.3 is 0 Å². The molecule has 0 amide bonds. The third-order valence-corrected chi connectivity index (χ3v) is 5.55. The van der Waals surface area contributed by atoms with Gasteiger partial charge in [-0.3, -0.25) is 0 Å². The molecule has 11 heavy (non-hydrogen) atoms. The molecular weight excluding hydrogens is 132 g/mol. The summed E-state index contributed by atoms with van der Waals surface area (Å²) in [4.78, 5) is 0. The molecule has 0 radical (unpaired) electrons. The van der Waals surface area contributed by atoms with Crippen LogP contribution >= 0.6 is 0 Å². The summed E-state index contributed by atoms with van der Waals surface area (Å²) in [6, 6.07) is 0. The van der Waals surface area contributed by atoms with Crippen molar-refractivity contribution in [3.63, 3.8) is 0 Å². The quantitative estimate of drug-likeness (QED) is 0.536. The third-order valence-electron chi connectivity index (χ3n) is 5.55. The zero-order chi connectivity index (χ0) is 7.32. The Morgan fingerprint density at radius 1 is 1.27 bits per heavy atom. The molecule has 0 aromatic heterocycles. The Morgan fingerprint density at radius 3 is 2.55 bits per heavy atom. The molecule has 3 spiro atoms. The lowest BCUT2D eigenvalue weighted by molar-refractivity contribution is 0.564. The summed E-state index contributed by atoms with van der Waals surface area (Å²) in [5.74, 6) is 1.17. The van der Waals surface area contributed by atoms with Crippen molar-refractivity contribution in [2.24, 2.45) is 22.2 Å². The number of hydrogen-bond acceptors (Lipinski definition) is 0. The Bertz CT molecular complexity index is 251. The minimum absolute atomic E-state index is 0.970.